The highest BCUT2D eigenvalue weighted by Crippen LogP contribution is 2.30. The maximum atomic E-state index is 11.7. The molecule has 0 bridgehead atoms. The minimum atomic E-state index is -0.547. The molecule has 0 fully saturated rings. The highest BCUT2D eigenvalue weighted by atomic mass is 35.5. The molecule has 0 aliphatic heterocycles. The fraction of sp³-hybridized carbons (Fsp3) is 0.176. The molecule has 0 saturated heterocycles. The number of carbonyl (C=O) groups excluding carboxylic acids is 1. The van der Waals surface area contributed by atoms with Crippen molar-refractivity contribution in [2.45, 2.75) is 6.54 Å². The summed E-state index contributed by atoms with van der Waals surface area (Å²) in [5.74, 6) is 0.0643. The van der Waals surface area contributed by atoms with E-state index in [1.165, 1.54) is 18.1 Å². The number of esters is 1. The monoisotopic (exact) mass is 358 g/mol. The molecule has 0 aliphatic rings. The Balaban J connectivity index is 1.98. The number of methoxy groups -OCH3 is 2. The minimum absolute atomic E-state index is 0.127. The molecular formula is C17H15ClN4O3. The predicted molar refractivity (Wildman–Crippen MR) is 91.7 cm³/mol. The first-order chi connectivity index (χ1) is 12.1. The Bertz CT molecular complexity index is 910. The number of pyridine rings is 1. The molecule has 128 valence electrons. The van der Waals surface area contributed by atoms with E-state index in [1.54, 1.807) is 19.4 Å². The third-order valence-electron chi connectivity index (χ3n) is 3.55. The van der Waals surface area contributed by atoms with Gasteiger partial charge in [-0.2, -0.15) is 5.10 Å². The Morgan fingerprint density at radius 3 is 2.80 bits per heavy atom. The van der Waals surface area contributed by atoms with E-state index in [4.69, 9.17) is 21.1 Å². The smallest absolute Gasteiger partial charge is 0.375 e. The number of benzene rings is 1. The van der Waals surface area contributed by atoms with Crippen molar-refractivity contribution in [2.75, 3.05) is 14.2 Å². The van der Waals surface area contributed by atoms with Gasteiger partial charge in [-0.1, -0.05) is 23.7 Å². The van der Waals surface area contributed by atoms with Crippen LogP contribution in [-0.2, 0) is 11.3 Å². The van der Waals surface area contributed by atoms with Crippen LogP contribution in [-0.4, -0.2) is 39.9 Å². The SMILES string of the molecule is COC(=O)c1ncnn1Cc1cnc(OC)c(-c2cccc(Cl)c2)c1. The van der Waals surface area contributed by atoms with Crippen LogP contribution in [0, 0.1) is 0 Å². The number of halogens is 1. The summed E-state index contributed by atoms with van der Waals surface area (Å²) in [5, 5.41) is 4.68. The third kappa shape index (κ3) is 3.61. The Kier molecular flexibility index (Phi) is 4.95. The first-order valence-electron chi connectivity index (χ1n) is 7.37. The molecule has 0 atom stereocenters. The first-order valence-corrected chi connectivity index (χ1v) is 7.75. The van der Waals surface area contributed by atoms with E-state index in [2.05, 4.69) is 15.1 Å². The van der Waals surface area contributed by atoms with Crippen LogP contribution in [0.25, 0.3) is 11.1 Å². The number of rotatable bonds is 5. The predicted octanol–water partition coefficient (Wildman–Crippen LogP) is 2.84. The summed E-state index contributed by atoms with van der Waals surface area (Å²) in [7, 11) is 2.86. The standard InChI is InChI=1S/C17H15ClN4O3/c1-24-16-14(12-4-3-5-13(18)7-12)6-11(8-19-16)9-22-15(17(23)25-2)20-10-21-22/h3-8,10H,9H2,1-2H3. The van der Waals surface area contributed by atoms with E-state index in [-0.39, 0.29) is 5.82 Å². The van der Waals surface area contributed by atoms with Crippen molar-refractivity contribution in [1.82, 2.24) is 19.7 Å². The molecule has 8 heteroatoms. The van der Waals surface area contributed by atoms with Gasteiger partial charge in [-0.15, -0.1) is 0 Å². The zero-order valence-corrected chi connectivity index (χ0v) is 14.4. The van der Waals surface area contributed by atoms with Crippen LogP contribution in [0.15, 0.2) is 42.9 Å². The van der Waals surface area contributed by atoms with Crippen molar-refractivity contribution < 1.29 is 14.3 Å². The second-order valence-corrected chi connectivity index (χ2v) is 5.58. The molecule has 2 heterocycles. The van der Waals surface area contributed by atoms with Gasteiger partial charge >= 0.3 is 5.97 Å². The van der Waals surface area contributed by atoms with E-state index in [0.29, 0.717) is 17.4 Å². The summed E-state index contributed by atoms with van der Waals surface area (Å²) < 4.78 is 11.5. The lowest BCUT2D eigenvalue weighted by Gasteiger charge is -2.11. The van der Waals surface area contributed by atoms with E-state index in [1.807, 2.05) is 24.3 Å². The van der Waals surface area contributed by atoms with Gasteiger partial charge < -0.3 is 9.47 Å². The maximum Gasteiger partial charge on any atom is 0.375 e. The zero-order valence-electron chi connectivity index (χ0n) is 13.6. The molecule has 2 aromatic heterocycles. The van der Waals surface area contributed by atoms with E-state index in [0.717, 1.165) is 16.7 Å². The number of hydrogen-bond donors (Lipinski definition) is 0. The van der Waals surface area contributed by atoms with Gasteiger partial charge in [0.25, 0.3) is 0 Å². The highest BCUT2D eigenvalue weighted by Gasteiger charge is 2.16. The van der Waals surface area contributed by atoms with E-state index >= 15 is 0 Å². The van der Waals surface area contributed by atoms with Crippen molar-refractivity contribution in [1.29, 1.82) is 0 Å². The van der Waals surface area contributed by atoms with Crippen molar-refractivity contribution in [2.24, 2.45) is 0 Å². The maximum absolute atomic E-state index is 11.7. The molecule has 1 aromatic carbocycles. The molecule has 3 rings (SSSR count). The van der Waals surface area contributed by atoms with Crippen LogP contribution >= 0.6 is 11.6 Å². The summed E-state index contributed by atoms with van der Waals surface area (Å²) >= 11 is 6.08. The summed E-state index contributed by atoms with van der Waals surface area (Å²) in [4.78, 5) is 20.0. The Morgan fingerprint density at radius 2 is 2.08 bits per heavy atom. The molecule has 3 aromatic rings. The minimum Gasteiger partial charge on any atom is -0.481 e. The van der Waals surface area contributed by atoms with Crippen molar-refractivity contribution in [3.8, 4) is 17.0 Å². The van der Waals surface area contributed by atoms with Crippen molar-refractivity contribution in [3.05, 3.63) is 59.3 Å². The molecule has 0 unspecified atom stereocenters. The summed E-state index contributed by atoms with van der Waals surface area (Å²) in [5.41, 5.74) is 2.50. The van der Waals surface area contributed by atoms with Crippen LogP contribution in [0.5, 0.6) is 5.88 Å². The highest BCUT2D eigenvalue weighted by molar-refractivity contribution is 6.30. The normalized spacial score (nSPS) is 10.5. The van der Waals surface area contributed by atoms with Crippen LogP contribution in [0.1, 0.15) is 16.2 Å². The second-order valence-electron chi connectivity index (χ2n) is 5.14. The van der Waals surface area contributed by atoms with Gasteiger partial charge in [0.05, 0.1) is 20.8 Å². The Hall–Kier alpha value is -2.93. The number of nitrogens with zero attached hydrogens (tertiary/aromatic N) is 4. The van der Waals surface area contributed by atoms with E-state index in [9.17, 15) is 4.79 Å². The summed E-state index contributed by atoms with van der Waals surface area (Å²) in [6.45, 7) is 0.314. The van der Waals surface area contributed by atoms with Gasteiger partial charge in [-0.25, -0.2) is 19.4 Å². The van der Waals surface area contributed by atoms with Gasteiger partial charge in [0.15, 0.2) is 0 Å². The fourth-order valence-corrected chi connectivity index (χ4v) is 2.60. The van der Waals surface area contributed by atoms with E-state index < -0.39 is 5.97 Å². The number of hydrogen-bond acceptors (Lipinski definition) is 6. The molecule has 7 nitrogen and oxygen atoms in total. The average molecular weight is 359 g/mol. The lowest BCUT2D eigenvalue weighted by Crippen LogP contribution is -2.14. The van der Waals surface area contributed by atoms with Gasteiger partial charge in [0, 0.05) is 16.8 Å². The average Bonchev–Trinajstić information content (AvgIpc) is 3.09. The zero-order chi connectivity index (χ0) is 17.8. The molecule has 0 radical (unpaired) electrons. The number of aromatic nitrogens is 4. The van der Waals surface area contributed by atoms with Crippen LogP contribution in [0.2, 0.25) is 5.02 Å². The number of ether oxygens (including phenoxy) is 2. The van der Waals surface area contributed by atoms with Gasteiger partial charge in [0.2, 0.25) is 11.7 Å². The quantitative estimate of drug-likeness (QED) is 0.652. The van der Waals surface area contributed by atoms with Crippen molar-refractivity contribution in [3.63, 3.8) is 0 Å². The fourth-order valence-electron chi connectivity index (χ4n) is 2.41. The van der Waals surface area contributed by atoms with Gasteiger partial charge in [0.1, 0.15) is 6.33 Å². The lowest BCUT2D eigenvalue weighted by molar-refractivity contribution is 0.0580. The molecular weight excluding hydrogens is 344 g/mol. The lowest BCUT2D eigenvalue weighted by atomic mass is 10.1. The largest absolute Gasteiger partial charge is 0.481 e. The third-order valence-corrected chi connectivity index (χ3v) is 3.79. The molecule has 25 heavy (non-hydrogen) atoms. The first kappa shape index (κ1) is 16.9. The number of carbonyl (C=O) groups is 1. The Labute approximate surface area is 149 Å². The second kappa shape index (κ2) is 7.31. The molecule has 0 saturated carbocycles. The van der Waals surface area contributed by atoms with Crippen molar-refractivity contribution >= 4 is 17.6 Å². The Morgan fingerprint density at radius 1 is 1.24 bits per heavy atom. The molecule has 0 spiro atoms. The topological polar surface area (TPSA) is 79.1 Å². The van der Waals surface area contributed by atoms with Gasteiger partial charge in [-0.05, 0) is 29.3 Å². The molecule has 0 N–H and O–H groups in total. The summed E-state index contributed by atoms with van der Waals surface area (Å²) in [6.07, 6.45) is 2.97. The molecule has 0 aliphatic carbocycles. The van der Waals surface area contributed by atoms with Crippen LogP contribution < -0.4 is 4.74 Å². The molecule has 0 amide bonds. The van der Waals surface area contributed by atoms with Gasteiger partial charge in [-0.3, -0.25) is 0 Å². The van der Waals surface area contributed by atoms with Crippen LogP contribution in [0.3, 0.4) is 0 Å². The van der Waals surface area contributed by atoms with Crippen LogP contribution in [0.4, 0.5) is 0 Å². The summed E-state index contributed by atoms with van der Waals surface area (Å²) in [6, 6.07) is 9.33.